The molecule has 50 valence electrons. The fourth-order valence-electron chi connectivity index (χ4n) is 0.278. The minimum absolute atomic E-state index is 1.21. The van der Waals surface area contributed by atoms with Gasteiger partial charge in [0, 0.05) is 0 Å². The Hall–Kier alpha value is -0.753. The van der Waals surface area contributed by atoms with E-state index in [1.807, 2.05) is 0 Å². The molecule has 0 spiro atoms. The van der Waals surface area contributed by atoms with Gasteiger partial charge in [-0.25, -0.2) is 0 Å². The third-order valence-corrected chi connectivity index (χ3v) is 1.46. The normalized spacial score (nSPS) is 11.0. The second-order valence-electron chi connectivity index (χ2n) is 2.76. The predicted octanol–water partition coefficient (Wildman–Crippen LogP) is 1.33. The lowest BCUT2D eigenvalue weighted by atomic mass is 10.8. The fourth-order valence-corrected chi connectivity index (χ4v) is 0.775. The van der Waals surface area contributed by atoms with Gasteiger partial charge in [-0.3, -0.25) is 0 Å². The zero-order valence-electron chi connectivity index (χ0n) is 5.97. The summed E-state index contributed by atoms with van der Waals surface area (Å²) in [4.78, 5) is 0. The van der Waals surface area contributed by atoms with Crippen molar-refractivity contribution in [3.05, 3.63) is 0 Å². The van der Waals surface area contributed by atoms with E-state index in [4.69, 9.17) is 5.21 Å². The van der Waals surface area contributed by atoms with Gasteiger partial charge in [-0.15, -0.1) is 5.54 Å². The van der Waals surface area contributed by atoms with Gasteiger partial charge in [0.1, 0.15) is 14.3 Å². The van der Waals surface area contributed by atoms with Crippen molar-refractivity contribution in [2.75, 3.05) is 0 Å². The molecule has 0 aliphatic heterocycles. The topological polar surface area (TPSA) is 32.6 Å². The fraction of sp³-hybridized carbons (Fsp3) is 0.500. The van der Waals surface area contributed by atoms with Crippen LogP contribution in [-0.2, 0) is 0 Å². The van der Waals surface area contributed by atoms with Gasteiger partial charge in [0.2, 0.25) is 0 Å². The third-order valence-electron chi connectivity index (χ3n) is 0.569. The largest absolute Gasteiger partial charge is 0.410 e. The zero-order valence-corrected chi connectivity index (χ0v) is 6.97. The van der Waals surface area contributed by atoms with Crippen molar-refractivity contribution >= 4 is 14.3 Å². The van der Waals surface area contributed by atoms with Gasteiger partial charge in [0.05, 0.1) is 0 Å². The predicted molar refractivity (Wildman–Crippen MR) is 41.4 cm³/mol. The summed E-state index contributed by atoms with van der Waals surface area (Å²) in [7, 11) is -1.26. The maximum absolute atomic E-state index is 7.95. The Morgan fingerprint density at radius 2 is 2.00 bits per heavy atom. The number of hydrogen-bond donors (Lipinski definition) is 1. The molecule has 2 nitrogen and oxygen atoms in total. The van der Waals surface area contributed by atoms with E-state index in [1.165, 1.54) is 6.21 Å². The standard InChI is InChI=1S/C6H11NOSi/c1-9(2,3)6-4-5-7-8/h5,8H,1-3H3/b7-5+. The van der Waals surface area contributed by atoms with Crippen LogP contribution >= 0.6 is 0 Å². The third kappa shape index (κ3) is 7.25. The highest BCUT2D eigenvalue weighted by Gasteiger charge is 2.06. The molecule has 0 heterocycles. The molecular formula is C6H11NOSi. The Kier molecular flexibility index (Phi) is 3.03. The highest BCUT2D eigenvalue weighted by atomic mass is 28.3. The zero-order chi connectivity index (χ0) is 7.33. The van der Waals surface area contributed by atoms with E-state index in [0.29, 0.717) is 0 Å². The maximum Gasteiger partial charge on any atom is 0.129 e. The molecule has 0 bridgehead atoms. The smallest absolute Gasteiger partial charge is 0.129 e. The van der Waals surface area contributed by atoms with Crippen LogP contribution in [0.3, 0.4) is 0 Å². The summed E-state index contributed by atoms with van der Waals surface area (Å²) in [5.74, 6) is 2.65. The molecule has 0 radical (unpaired) electrons. The Balaban J connectivity index is 3.88. The maximum atomic E-state index is 7.95. The molecule has 0 atom stereocenters. The molecule has 0 aromatic carbocycles. The molecule has 0 saturated heterocycles. The van der Waals surface area contributed by atoms with E-state index in [9.17, 15) is 0 Å². The first kappa shape index (κ1) is 8.25. The van der Waals surface area contributed by atoms with E-state index in [0.717, 1.165) is 0 Å². The average molecular weight is 141 g/mol. The number of hydrogen-bond acceptors (Lipinski definition) is 2. The number of nitrogens with zero attached hydrogens (tertiary/aromatic N) is 1. The van der Waals surface area contributed by atoms with E-state index < -0.39 is 8.07 Å². The van der Waals surface area contributed by atoms with Crippen LogP contribution in [0.15, 0.2) is 5.16 Å². The van der Waals surface area contributed by atoms with Crippen LogP contribution in [0.4, 0.5) is 0 Å². The average Bonchev–Trinajstić information content (AvgIpc) is 1.63. The van der Waals surface area contributed by atoms with E-state index in [-0.39, 0.29) is 0 Å². The second-order valence-corrected chi connectivity index (χ2v) is 7.51. The Labute approximate surface area is 56.6 Å². The van der Waals surface area contributed by atoms with Crippen molar-refractivity contribution in [3.8, 4) is 11.5 Å². The second kappa shape index (κ2) is 3.31. The summed E-state index contributed by atoms with van der Waals surface area (Å²) in [5.41, 5.74) is 3.00. The van der Waals surface area contributed by atoms with Gasteiger partial charge < -0.3 is 5.21 Å². The molecule has 0 fully saturated rings. The lowest BCUT2D eigenvalue weighted by Crippen LogP contribution is -2.16. The molecule has 0 rings (SSSR count). The van der Waals surface area contributed by atoms with E-state index >= 15 is 0 Å². The summed E-state index contributed by atoms with van der Waals surface area (Å²) in [6.07, 6.45) is 1.21. The van der Waals surface area contributed by atoms with Crippen LogP contribution in [0.25, 0.3) is 0 Å². The Morgan fingerprint density at radius 3 is 2.33 bits per heavy atom. The molecular weight excluding hydrogens is 130 g/mol. The first-order valence-electron chi connectivity index (χ1n) is 2.75. The van der Waals surface area contributed by atoms with Gasteiger partial charge >= 0.3 is 0 Å². The van der Waals surface area contributed by atoms with Crippen LogP contribution in [-0.4, -0.2) is 19.5 Å². The van der Waals surface area contributed by atoms with Crippen molar-refractivity contribution in [3.63, 3.8) is 0 Å². The quantitative estimate of drug-likeness (QED) is 0.178. The van der Waals surface area contributed by atoms with Gasteiger partial charge in [0.25, 0.3) is 0 Å². The first-order valence-corrected chi connectivity index (χ1v) is 6.25. The van der Waals surface area contributed by atoms with Crippen molar-refractivity contribution < 1.29 is 5.21 Å². The summed E-state index contributed by atoms with van der Waals surface area (Å²) in [6, 6.07) is 0. The molecule has 0 aromatic heterocycles. The molecule has 3 heteroatoms. The Morgan fingerprint density at radius 1 is 1.44 bits per heavy atom. The van der Waals surface area contributed by atoms with Crippen LogP contribution < -0.4 is 0 Å². The van der Waals surface area contributed by atoms with Crippen molar-refractivity contribution in [2.45, 2.75) is 19.6 Å². The highest BCUT2D eigenvalue weighted by Crippen LogP contribution is 1.95. The van der Waals surface area contributed by atoms with Gasteiger partial charge in [-0.2, -0.15) is 0 Å². The van der Waals surface area contributed by atoms with E-state index in [1.54, 1.807) is 0 Å². The van der Waals surface area contributed by atoms with Crippen molar-refractivity contribution in [2.24, 2.45) is 5.16 Å². The lowest BCUT2D eigenvalue weighted by Gasteiger charge is -2.01. The lowest BCUT2D eigenvalue weighted by molar-refractivity contribution is 0.322. The minimum atomic E-state index is -1.26. The highest BCUT2D eigenvalue weighted by molar-refractivity contribution is 6.84. The molecule has 0 aliphatic rings. The van der Waals surface area contributed by atoms with Crippen molar-refractivity contribution in [1.82, 2.24) is 0 Å². The molecule has 1 N–H and O–H groups in total. The van der Waals surface area contributed by atoms with Crippen LogP contribution in [0.1, 0.15) is 0 Å². The van der Waals surface area contributed by atoms with Gasteiger partial charge in [0.15, 0.2) is 0 Å². The summed E-state index contributed by atoms with van der Waals surface area (Å²) >= 11 is 0. The van der Waals surface area contributed by atoms with E-state index in [2.05, 4.69) is 36.3 Å². The monoisotopic (exact) mass is 141 g/mol. The first-order chi connectivity index (χ1) is 4.06. The minimum Gasteiger partial charge on any atom is -0.410 e. The number of rotatable bonds is 0. The molecule has 0 unspecified atom stereocenters. The molecule has 0 saturated carbocycles. The van der Waals surface area contributed by atoms with Crippen LogP contribution in [0.5, 0.6) is 0 Å². The summed E-state index contributed by atoms with van der Waals surface area (Å²) in [5, 5.41) is 10.7. The Bertz CT molecular complexity index is 158. The van der Waals surface area contributed by atoms with Gasteiger partial charge in [-0.05, 0) is 0 Å². The van der Waals surface area contributed by atoms with Crippen molar-refractivity contribution in [1.29, 1.82) is 0 Å². The SMILES string of the molecule is C[Si](C)(C)C#C/C=N/O. The van der Waals surface area contributed by atoms with Crippen LogP contribution in [0, 0.1) is 11.5 Å². The summed E-state index contributed by atoms with van der Waals surface area (Å²) < 4.78 is 0. The summed E-state index contributed by atoms with van der Waals surface area (Å²) in [6.45, 7) is 6.39. The molecule has 0 aliphatic carbocycles. The van der Waals surface area contributed by atoms with Crippen LogP contribution in [0.2, 0.25) is 19.6 Å². The number of oxime groups is 1. The molecule has 9 heavy (non-hydrogen) atoms. The molecule has 0 aromatic rings. The van der Waals surface area contributed by atoms with Gasteiger partial charge in [-0.1, -0.05) is 30.7 Å². The molecule has 0 amide bonds.